The molecule has 3 aromatic carbocycles. The van der Waals surface area contributed by atoms with Gasteiger partial charge in [-0.05, 0) is 47.5 Å². The van der Waals surface area contributed by atoms with Crippen molar-refractivity contribution in [2.24, 2.45) is 0 Å². The predicted octanol–water partition coefficient (Wildman–Crippen LogP) is 5.74. The molecule has 0 fully saturated rings. The van der Waals surface area contributed by atoms with E-state index in [-0.39, 0.29) is 18.0 Å². The molecule has 2 atom stereocenters. The molecule has 7 heteroatoms. The molecule has 31 heavy (non-hydrogen) atoms. The van der Waals surface area contributed by atoms with Crippen LogP contribution in [0.2, 0.25) is 0 Å². The van der Waals surface area contributed by atoms with Gasteiger partial charge in [0.05, 0.1) is 5.70 Å². The summed E-state index contributed by atoms with van der Waals surface area (Å²) in [4.78, 5) is 4.41. The topological polar surface area (TPSA) is 52.0 Å². The Morgan fingerprint density at radius 3 is 2.48 bits per heavy atom. The lowest BCUT2D eigenvalue weighted by atomic mass is 9.84. The van der Waals surface area contributed by atoms with E-state index in [1.807, 2.05) is 53.2 Å². The van der Waals surface area contributed by atoms with Gasteiger partial charge < -0.3 is 10.1 Å². The molecule has 0 unspecified atom stereocenters. The summed E-state index contributed by atoms with van der Waals surface area (Å²) in [6.07, 6.45) is 1.18. The fraction of sp³-hybridized carbons (Fsp3) is 0.0833. The van der Waals surface area contributed by atoms with Crippen molar-refractivity contribution in [2.45, 2.75) is 12.1 Å². The van der Waals surface area contributed by atoms with Crippen LogP contribution in [0, 0.1) is 5.82 Å². The van der Waals surface area contributed by atoms with Gasteiger partial charge >= 0.3 is 0 Å². The number of hydrogen-bond acceptors (Lipinski definition) is 4. The molecule has 0 bridgehead atoms. The van der Waals surface area contributed by atoms with E-state index in [1.54, 1.807) is 12.1 Å². The number of fused-ring (bicyclic) bond motifs is 3. The second-order valence-corrected chi connectivity index (χ2v) is 8.40. The Morgan fingerprint density at radius 1 is 0.935 bits per heavy atom. The number of hydrogen-bond donors (Lipinski definition) is 1. The maximum absolute atomic E-state index is 13.7. The summed E-state index contributed by atoms with van der Waals surface area (Å²) in [6.45, 7) is 0. The van der Waals surface area contributed by atoms with Crippen molar-refractivity contribution in [2.75, 3.05) is 5.32 Å². The minimum Gasteiger partial charge on any atom is -0.480 e. The largest absolute Gasteiger partial charge is 0.480 e. The Labute approximate surface area is 186 Å². The Hall–Kier alpha value is -3.45. The average molecular weight is 475 g/mol. The summed E-state index contributed by atoms with van der Waals surface area (Å²) in [5.41, 5.74) is 4.84. The summed E-state index contributed by atoms with van der Waals surface area (Å²) in [7, 11) is 0. The lowest BCUT2D eigenvalue weighted by Crippen LogP contribution is -2.32. The van der Waals surface area contributed by atoms with Crippen LogP contribution < -0.4 is 10.1 Å². The lowest BCUT2D eigenvalue weighted by Gasteiger charge is -2.39. The normalized spacial score (nSPS) is 19.0. The van der Waals surface area contributed by atoms with Crippen LogP contribution in [0.4, 0.5) is 10.3 Å². The number of para-hydroxylation sites is 1. The molecular weight excluding hydrogens is 459 g/mol. The highest BCUT2D eigenvalue weighted by molar-refractivity contribution is 9.10. The second kappa shape index (κ2) is 7.06. The predicted molar refractivity (Wildman–Crippen MR) is 119 cm³/mol. The van der Waals surface area contributed by atoms with E-state index in [0.717, 1.165) is 38.2 Å². The Morgan fingerprint density at radius 2 is 1.68 bits per heavy atom. The first-order valence-electron chi connectivity index (χ1n) is 9.86. The van der Waals surface area contributed by atoms with E-state index in [1.165, 1.54) is 18.5 Å². The van der Waals surface area contributed by atoms with Crippen molar-refractivity contribution in [3.8, 4) is 5.75 Å². The van der Waals surface area contributed by atoms with Crippen LogP contribution in [0.5, 0.6) is 5.75 Å². The summed E-state index contributed by atoms with van der Waals surface area (Å²) >= 11 is 3.51. The summed E-state index contributed by atoms with van der Waals surface area (Å²) in [6, 6.07) is 22.3. The number of rotatable bonds is 2. The van der Waals surface area contributed by atoms with Gasteiger partial charge in [0.2, 0.25) is 5.95 Å². The molecule has 152 valence electrons. The molecule has 0 amide bonds. The third-order valence-corrected chi connectivity index (χ3v) is 6.21. The third kappa shape index (κ3) is 2.96. The zero-order valence-corrected chi connectivity index (χ0v) is 17.8. The molecule has 1 aromatic heterocycles. The number of anilines is 1. The van der Waals surface area contributed by atoms with Crippen molar-refractivity contribution in [1.29, 1.82) is 0 Å². The zero-order valence-electron chi connectivity index (χ0n) is 16.2. The van der Waals surface area contributed by atoms with Gasteiger partial charge in [-0.25, -0.2) is 9.07 Å². The van der Waals surface area contributed by atoms with Crippen LogP contribution in [0.25, 0.3) is 5.70 Å². The van der Waals surface area contributed by atoms with E-state index in [9.17, 15) is 4.39 Å². The van der Waals surface area contributed by atoms with Crippen LogP contribution in [0.3, 0.4) is 0 Å². The van der Waals surface area contributed by atoms with E-state index >= 15 is 0 Å². The molecule has 2 aliphatic heterocycles. The Kier molecular flexibility index (Phi) is 4.17. The van der Waals surface area contributed by atoms with E-state index < -0.39 is 0 Å². The van der Waals surface area contributed by atoms with E-state index in [0.29, 0.717) is 5.95 Å². The molecule has 6 rings (SSSR count). The van der Waals surface area contributed by atoms with Gasteiger partial charge in [0.25, 0.3) is 0 Å². The number of nitrogens with zero attached hydrogens (tertiary/aromatic N) is 3. The smallest absolute Gasteiger partial charge is 0.226 e. The molecule has 1 N–H and O–H groups in total. The number of nitrogens with one attached hydrogen (secondary N) is 1. The zero-order chi connectivity index (χ0) is 20.9. The minimum atomic E-state index is -0.349. The molecule has 0 aliphatic carbocycles. The third-order valence-electron chi connectivity index (χ3n) is 5.68. The van der Waals surface area contributed by atoms with E-state index in [2.05, 4.69) is 31.3 Å². The fourth-order valence-electron chi connectivity index (χ4n) is 4.30. The Balaban J connectivity index is 1.62. The van der Waals surface area contributed by atoms with Gasteiger partial charge in [-0.15, -0.1) is 0 Å². The standard InChI is InChI=1S/C24H16BrFN4O/c25-16-9-5-15(6-10-16)23-20-21(18-3-1-2-4-19(18)31-23)29-24-27-13-28-30(24)22(20)14-7-11-17(26)12-8-14/h1-13,22-23H,(H,27,28,29)/t22-,23-/m0/s1. The van der Waals surface area contributed by atoms with Crippen molar-refractivity contribution < 1.29 is 9.13 Å². The molecule has 0 saturated carbocycles. The van der Waals surface area contributed by atoms with Crippen molar-refractivity contribution in [3.05, 3.63) is 112 Å². The number of benzene rings is 3. The highest BCUT2D eigenvalue weighted by Crippen LogP contribution is 2.50. The van der Waals surface area contributed by atoms with Gasteiger partial charge in [0.1, 0.15) is 30.0 Å². The van der Waals surface area contributed by atoms with Gasteiger partial charge in [-0.1, -0.05) is 52.3 Å². The number of halogens is 2. The van der Waals surface area contributed by atoms with Gasteiger partial charge in [-0.3, -0.25) is 0 Å². The molecule has 0 saturated heterocycles. The summed E-state index contributed by atoms with van der Waals surface area (Å²) < 4.78 is 23.1. The first-order valence-corrected chi connectivity index (χ1v) is 10.7. The molecule has 3 heterocycles. The van der Waals surface area contributed by atoms with E-state index in [4.69, 9.17) is 4.74 Å². The fourth-order valence-corrected chi connectivity index (χ4v) is 4.56. The molecule has 2 aliphatic rings. The second-order valence-electron chi connectivity index (χ2n) is 7.48. The maximum Gasteiger partial charge on any atom is 0.226 e. The Bertz CT molecular complexity index is 1310. The molecule has 4 aromatic rings. The number of ether oxygens (including phenoxy) is 1. The molecule has 0 spiro atoms. The summed E-state index contributed by atoms with van der Waals surface area (Å²) in [5.74, 6) is 1.16. The quantitative estimate of drug-likeness (QED) is 0.402. The van der Waals surface area contributed by atoms with Crippen LogP contribution in [-0.2, 0) is 0 Å². The molecule has 5 nitrogen and oxygen atoms in total. The van der Waals surface area contributed by atoms with Crippen molar-refractivity contribution >= 4 is 27.6 Å². The van der Waals surface area contributed by atoms with Crippen molar-refractivity contribution in [3.63, 3.8) is 0 Å². The minimum absolute atomic E-state index is 0.277. The van der Waals surface area contributed by atoms with Crippen LogP contribution in [0.15, 0.2) is 89.2 Å². The number of aromatic nitrogens is 3. The maximum atomic E-state index is 13.7. The highest BCUT2D eigenvalue weighted by Gasteiger charge is 2.40. The van der Waals surface area contributed by atoms with Crippen molar-refractivity contribution in [1.82, 2.24) is 14.8 Å². The average Bonchev–Trinajstić information content (AvgIpc) is 3.27. The molecular formula is C24H16BrFN4O. The monoisotopic (exact) mass is 474 g/mol. The van der Waals surface area contributed by atoms with Crippen LogP contribution in [-0.4, -0.2) is 14.8 Å². The summed E-state index contributed by atoms with van der Waals surface area (Å²) in [5, 5.41) is 7.94. The van der Waals surface area contributed by atoms with Gasteiger partial charge in [0.15, 0.2) is 0 Å². The lowest BCUT2D eigenvalue weighted by molar-refractivity contribution is 0.223. The SMILES string of the molecule is Fc1ccc([C@H]2C3=C(Nc4ncnn42)c2ccccc2O[C@H]3c2ccc(Br)cc2)cc1. The first kappa shape index (κ1) is 18.3. The molecule has 0 radical (unpaired) electrons. The first-order chi connectivity index (χ1) is 15.2. The van der Waals surface area contributed by atoms with Crippen LogP contribution in [0.1, 0.15) is 28.8 Å². The van der Waals surface area contributed by atoms with Gasteiger partial charge in [-0.2, -0.15) is 10.1 Å². The van der Waals surface area contributed by atoms with Crippen LogP contribution >= 0.6 is 15.9 Å². The van der Waals surface area contributed by atoms with Gasteiger partial charge in [0, 0.05) is 15.6 Å². The highest BCUT2D eigenvalue weighted by atomic mass is 79.9.